The molecule has 0 bridgehead atoms. The largest absolute Gasteiger partial charge is 0.493 e. The maximum Gasteiger partial charge on any atom is 0.175 e. The molecule has 0 spiro atoms. The molecular formula is C65H99Cl2N9O6. The van der Waals surface area contributed by atoms with E-state index in [2.05, 4.69) is 138 Å². The highest BCUT2D eigenvalue weighted by Crippen LogP contribution is 2.39. The topological polar surface area (TPSA) is 134 Å². The highest BCUT2D eigenvalue weighted by molar-refractivity contribution is 5.87. The van der Waals surface area contributed by atoms with Gasteiger partial charge in [0.1, 0.15) is 17.2 Å². The second-order valence-electron chi connectivity index (χ2n) is 25.9. The zero-order valence-electron chi connectivity index (χ0n) is 51.0. The lowest BCUT2D eigenvalue weighted by molar-refractivity contribution is 0.212. The van der Waals surface area contributed by atoms with Gasteiger partial charge in [0.25, 0.3) is 0 Å². The summed E-state index contributed by atoms with van der Waals surface area (Å²) in [6, 6.07) is 12.8. The van der Waals surface area contributed by atoms with Crippen LogP contribution in [-0.4, -0.2) is 155 Å². The summed E-state index contributed by atoms with van der Waals surface area (Å²) in [4.78, 5) is 11.4. The van der Waals surface area contributed by atoms with Crippen molar-refractivity contribution in [3.05, 3.63) is 70.2 Å². The number of halogens is 2. The number of piperidine rings is 3. The minimum absolute atomic E-state index is 0. The average Bonchev–Trinajstić information content (AvgIpc) is 4.58. The first-order valence-corrected chi connectivity index (χ1v) is 31.0. The fourth-order valence-corrected chi connectivity index (χ4v) is 12.0. The fourth-order valence-electron chi connectivity index (χ4n) is 12.0. The Labute approximate surface area is 502 Å². The molecule has 12 rings (SSSR count). The number of aromatic nitrogens is 3. The van der Waals surface area contributed by atoms with Gasteiger partial charge in [-0.05, 0) is 283 Å². The van der Waals surface area contributed by atoms with Gasteiger partial charge >= 0.3 is 0 Å². The second-order valence-corrected chi connectivity index (χ2v) is 25.9. The number of ether oxygens (including phenoxy) is 3. The molecule has 6 fully saturated rings. The fraction of sp³-hybridized carbons (Fsp3) is 0.677. The predicted octanol–water partition coefficient (Wildman–Crippen LogP) is 12.4. The van der Waals surface area contributed by atoms with E-state index >= 15 is 0 Å². The van der Waals surface area contributed by atoms with Crippen LogP contribution < -0.4 is 19.5 Å². The van der Waals surface area contributed by atoms with Crippen LogP contribution in [0.15, 0.2) is 50.0 Å². The van der Waals surface area contributed by atoms with Crippen molar-refractivity contribution < 1.29 is 27.8 Å². The summed E-state index contributed by atoms with van der Waals surface area (Å²) in [6.07, 6.45) is 22.2. The molecule has 82 heavy (non-hydrogen) atoms. The van der Waals surface area contributed by atoms with Gasteiger partial charge in [-0.1, -0.05) is 15.5 Å². The van der Waals surface area contributed by atoms with Gasteiger partial charge in [-0.15, -0.1) is 24.8 Å². The third-order valence-corrected chi connectivity index (χ3v) is 17.8. The normalized spacial score (nSPS) is 18.6. The summed E-state index contributed by atoms with van der Waals surface area (Å²) in [5, 5.41) is 20.3. The van der Waals surface area contributed by atoms with E-state index < -0.39 is 0 Å². The predicted molar refractivity (Wildman–Crippen MR) is 334 cm³/mol. The van der Waals surface area contributed by atoms with Crippen molar-refractivity contribution in [3.63, 3.8) is 0 Å². The Hall–Kier alpha value is -4.19. The summed E-state index contributed by atoms with van der Waals surface area (Å²) in [5.74, 6) is 7.55. The molecule has 0 unspecified atom stereocenters. The van der Waals surface area contributed by atoms with Gasteiger partial charge < -0.3 is 57.6 Å². The van der Waals surface area contributed by atoms with Gasteiger partial charge in [0.15, 0.2) is 16.7 Å². The molecule has 0 amide bonds. The van der Waals surface area contributed by atoms with Gasteiger partial charge in [-0.3, -0.25) is 0 Å². The van der Waals surface area contributed by atoms with Crippen LogP contribution in [0.4, 0.5) is 0 Å². The molecule has 3 aromatic heterocycles. The molecule has 1 N–H and O–H groups in total. The zero-order chi connectivity index (χ0) is 55.5. The molecule has 6 aromatic rings. The molecule has 454 valence electrons. The van der Waals surface area contributed by atoms with E-state index in [1.807, 2.05) is 0 Å². The molecule has 3 saturated heterocycles. The minimum Gasteiger partial charge on any atom is -0.493 e. The zero-order valence-corrected chi connectivity index (χ0v) is 52.6. The summed E-state index contributed by atoms with van der Waals surface area (Å²) in [5.41, 5.74) is 9.46. The first-order valence-electron chi connectivity index (χ1n) is 31.0. The number of hydrogen-bond acceptors (Lipinski definition) is 15. The van der Waals surface area contributed by atoms with E-state index in [0.29, 0.717) is 0 Å². The van der Waals surface area contributed by atoms with Crippen LogP contribution in [0.1, 0.15) is 130 Å². The van der Waals surface area contributed by atoms with E-state index in [1.54, 1.807) is 0 Å². The number of hydrogen-bond donors (Lipinski definition) is 1. The van der Waals surface area contributed by atoms with E-state index in [1.165, 1.54) is 133 Å². The Morgan fingerprint density at radius 2 is 0.720 bits per heavy atom. The Kier molecular flexibility index (Phi) is 23.9. The summed E-state index contributed by atoms with van der Waals surface area (Å²) in [6.45, 7) is 12.1. The standard InChI is InChI=1S/2C22H33N3O2.C21H31N3O2.2ClH/c2*1-24(2)14-19-21(26-15-17-4-5-17)9-7-18-20(23-27-22(18)19)8-6-16-10-12-25(3)13-11-16;1-24(2)13-18-20(25-14-16-3-4-16)8-6-17-19(23-26-21(17)18)7-5-15-9-11-22-12-10-15;;/h2*7,9,16-17H,4-6,8,10-15H2,1-3H3;6,8,15-16,22H,3-5,7,9-14H2,1-2H3;2*1H. The summed E-state index contributed by atoms with van der Waals surface area (Å²) in [7, 11) is 16.9. The molecule has 3 saturated carbocycles. The number of benzene rings is 3. The smallest absolute Gasteiger partial charge is 0.175 e. The van der Waals surface area contributed by atoms with Crippen molar-refractivity contribution in [2.75, 3.05) is 115 Å². The molecular weight excluding hydrogens is 1070 g/mol. The highest BCUT2D eigenvalue weighted by Gasteiger charge is 2.28. The van der Waals surface area contributed by atoms with Gasteiger partial charge in [0.2, 0.25) is 0 Å². The lowest BCUT2D eigenvalue weighted by Gasteiger charge is -2.28. The number of nitrogens with one attached hydrogen (secondary N) is 1. The molecule has 6 aliphatic rings. The number of likely N-dealkylation sites (tertiary alicyclic amines) is 2. The third kappa shape index (κ3) is 18.2. The van der Waals surface area contributed by atoms with Crippen LogP contribution in [0.2, 0.25) is 0 Å². The Morgan fingerprint density at radius 1 is 0.427 bits per heavy atom. The van der Waals surface area contributed by atoms with Crippen molar-refractivity contribution in [1.29, 1.82) is 0 Å². The van der Waals surface area contributed by atoms with Crippen LogP contribution in [0.5, 0.6) is 17.2 Å². The quantitative estimate of drug-likeness (QED) is 0.0616. The molecule has 3 aromatic carbocycles. The minimum atomic E-state index is 0. The molecule has 17 heteroatoms. The van der Waals surface area contributed by atoms with E-state index in [0.717, 1.165) is 180 Å². The molecule has 6 heterocycles. The van der Waals surface area contributed by atoms with Crippen molar-refractivity contribution in [1.82, 2.24) is 45.3 Å². The number of fused-ring (bicyclic) bond motifs is 3. The number of nitrogens with zero attached hydrogens (tertiary/aromatic N) is 8. The number of rotatable bonds is 24. The van der Waals surface area contributed by atoms with Gasteiger partial charge in [-0.25, -0.2) is 0 Å². The first kappa shape index (κ1) is 63.8. The second kappa shape index (κ2) is 30.8. The van der Waals surface area contributed by atoms with Gasteiger partial charge in [-0.2, -0.15) is 0 Å². The van der Waals surface area contributed by atoms with Crippen LogP contribution in [0.3, 0.4) is 0 Å². The average molecular weight is 1170 g/mol. The molecule has 15 nitrogen and oxygen atoms in total. The lowest BCUT2D eigenvalue weighted by atomic mass is 9.91. The monoisotopic (exact) mass is 1170 g/mol. The van der Waals surface area contributed by atoms with Crippen molar-refractivity contribution >= 4 is 57.7 Å². The van der Waals surface area contributed by atoms with Gasteiger partial charge in [0.05, 0.1) is 53.6 Å². The van der Waals surface area contributed by atoms with Crippen LogP contribution in [0.25, 0.3) is 32.9 Å². The molecule has 3 aliphatic carbocycles. The van der Waals surface area contributed by atoms with Crippen LogP contribution in [-0.2, 0) is 38.9 Å². The van der Waals surface area contributed by atoms with E-state index in [4.69, 9.17) is 27.8 Å². The maximum absolute atomic E-state index is 6.13. The van der Waals surface area contributed by atoms with Crippen molar-refractivity contribution in [2.45, 2.75) is 135 Å². The van der Waals surface area contributed by atoms with E-state index in [-0.39, 0.29) is 24.8 Å². The Balaban J connectivity index is 0.000000159. The first-order chi connectivity index (χ1) is 38.9. The SMILES string of the molecule is CN(C)Cc1c(OCC2CC2)ccc2c(CCC3CCN(C)CC3)noc12.CN(C)Cc1c(OCC2CC2)ccc2c(CCC3CCN(C)CC3)noc12.CN(C)Cc1c(OCC2CC2)ccc2c(CCC3CCNCC3)noc12.Cl.Cl. The Bertz CT molecular complexity index is 2740. The van der Waals surface area contributed by atoms with Gasteiger partial charge in [0, 0.05) is 35.8 Å². The number of aryl methyl sites for hydroxylation is 3. The molecule has 3 aliphatic heterocycles. The summed E-state index contributed by atoms with van der Waals surface area (Å²) >= 11 is 0. The highest BCUT2D eigenvalue weighted by atomic mass is 35.5. The van der Waals surface area contributed by atoms with Crippen molar-refractivity contribution in [3.8, 4) is 17.2 Å². The van der Waals surface area contributed by atoms with Crippen molar-refractivity contribution in [2.24, 2.45) is 35.5 Å². The molecule has 0 atom stereocenters. The van der Waals surface area contributed by atoms with E-state index in [9.17, 15) is 0 Å². The molecule has 0 radical (unpaired) electrons. The van der Waals surface area contributed by atoms with Crippen LogP contribution >= 0.6 is 24.8 Å². The summed E-state index contributed by atoms with van der Waals surface area (Å²) < 4.78 is 35.9. The third-order valence-electron chi connectivity index (χ3n) is 17.8. The van der Waals surface area contributed by atoms with Crippen LogP contribution in [0, 0.1) is 35.5 Å². The lowest BCUT2D eigenvalue weighted by Crippen LogP contribution is -2.30. The maximum atomic E-state index is 6.13. The Morgan fingerprint density at radius 3 is 1.00 bits per heavy atom.